The van der Waals surface area contributed by atoms with Crippen molar-refractivity contribution in [3.05, 3.63) is 64.9 Å². The Balaban J connectivity index is 1.80. The molecule has 0 saturated carbocycles. The Hall–Kier alpha value is -3.26. The second kappa shape index (κ2) is 8.41. The molecule has 0 aliphatic heterocycles. The van der Waals surface area contributed by atoms with E-state index in [9.17, 15) is 4.39 Å². The van der Waals surface area contributed by atoms with Crippen LogP contribution in [0.15, 0.2) is 53.6 Å². The molecule has 138 valence electrons. The smallest absolute Gasteiger partial charge is 0.250 e. The van der Waals surface area contributed by atoms with E-state index in [-0.39, 0.29) is 11.8 Å². The third-order valence-electron chi connectivity index (χ3n) is 3.40. The highest BCUT2D eigenvalue weighted by molar-refractivity contribution is 6.33. The Morgan fingerprint density at radius 2 is 1.70 bits per heavy atom. The quantitative estimate of drug-likeness (QED) is 0.494. The predicted octanol–water partition coefficient (Wildman–Crippen LogP) is 3.92. The molecule has 3 rings (SSSR count). The monoisotopic (exact) mass is 385 g/mol. The summed E-state index contributed by atoms with van der Waals surface area (Å²) in [4.78, 5) is 14.6. The number of aromatic nitrogens is 3. The molecule has 0 saturated heterocycles. The van der Waals surface area contributed by atoms with Gasteiger partial charge < -0.3 is 10.2 Å². The van der Waals surface area contributed by atoms with Gasteiger partial charge in [0.25, 0.3) is 0 Å². The first-order valence-corrected chi connectivity index (χ1v) is 8.38. The van der Waals surface area contributed by atoms with E-state index in [2.05, 4.69) is 30.8 Å². The zero-order chi connectivity index (χ0) is 19.2. The molecular formula is C18H17ClFN7. The maximum absolute atomic E-state index is 13.1. The van der Waals surface area contributed by atoms with Crippen molar-refractivity contribution in [2.75, 3.05) is 29.7 Å². The third kappa shape index (κ3) is 5.11. The summed E-state index contributed by atoms with van der Waals surface area (Å²) in [7, 11) is 3.63. The topological polar surface area (TPSA) is 78.3 Å². The van der Waals surface area contributed by atoms with Crippen LogP contribution in [0.5, 0.6) is 0 Å². The van der Waals surface area contributed by atoms with Crippen molar-refractivity contribution in [3.63, 3.8) is 0 Å². The summed E-state index contributed by atoms with van der Waals surface area (Å²) in [6.07, 6.45) is 1.58. The Labute approximate surface area is 160 Å². The minimum absolute atomic E-state index is 0.251. The van der Waals surface area contributed by atoms with Gasteiger partial charge in [0.15, 0.2) is 0 Å². The van der Waals surface area contributed by atoms with Gasteiger partial charge in [-0.2, -0.15) is 20.1 Å². The molecule has 9 heteroatoms. The van der Waals surface area contributed by atoms with Gasteiger partial charge in [-0.15, -0.1) is 0 Å². The zero-order valence-corrected chi connectivity index (χ0v) is 15.4. The van der Waals surface area contributed by atoms with E-state index in [1.807, 2.05) is 32.3 Å². The van der Waals surface area contributed by atoms with E-state index < -0.39 is 0 Å². The molecule has 0 fully saturated rings. The van der Waals surface area contributed by atoms with E-state index in [0.717, 1.165) is 5.56 Å². The van der Waals surface area contributed by atoms with E-state index in [1.165, 1.54) is 12.1 Å². The highest BCUT2D eigenvalue weighted by atomic mass is 35.5. The molecule has 0 bridgehead atoms. The second-order valence-electron chi connectivity index (χ2n) is 5.70. The molecule has 0 aliphatic rings. The van der Waals surface area contributed by atoms with Crippen LogP contribution >= 0.6 is 11.6 Å². The minimum atomic E-state index is -0.318. The van der Waals surface area contributed by atoms with Crippen LogP contribution in [0.4, 0.5) is 27.9 Å². The molecule has 0 amide bonds. The molecular weight excluding hydrogens is 369 g/mol. The van der Waals surface area contributed by atoms with Gasteiger partial charge in [0.2, 0.25) is 17.8 Å². The lowest BCUT2D eigenvalue weighted by atomic mass is 10.2. The summed E-state index contributed by atoms with van der Waals surface area (Å²) >= 11 is 6.10. The number of rotatable bonds is 6. The van der Waals surface area contributed by atoms with Gasteiger partial charge in [-0.05, 0) is 30.3 Å². The molecule has 0 radical (unpaired) electrons. The van der Waals surface area contributed by atoms with Crippen molar-refractivity contribution in [2.45, 2.75) is 0 Å². The third-order valence-corrected chi connectivity index (χ3v) is 3.74. The molecule has 0 aliphatic carbocycles. The average Bonchev–Trinajstić information content (AvgIpc) is 2.65. The highest BCUT2D eigenvalue weighted by Crippen LogP contribution is 2.17. The van der Waals surface area contributed by atoms with E-state index in [1.54, 1.807) is 29.3 Å². The molecule has 0 spiro atoms. The number of halogens is 2. The van der Waals surface area contributed by atoms with Crippen molar-refractivity contribution in [3.8, 4) is 0 Å². The molecule has 1 aromatic heterocycles. The Morgan fingerprint density at radius 1 is 1.00 bits per heavy atom. The first-order chi connectivity index (χ1) is 13.0. The van der Waals surface area contributed by atoms with E-state index in [4.69, 9.17) is 11.6 Å². The summed E-state index contributed by atoms with van der Waals surface area (Å²) in [5.74, 6) is 0.670. The van der Waals surface area contributed by atoms with Gasteiger partial charge in [-0.25, -0.2) is 9.82 Å². The lowest BCUT2D eigenvalue weighted by molar-refractivity contribution is 0.628. The van der Waals surface area contributed by atoms with Crippen LogP contribution in [-0.2, 0) is 0 Å². The van der Waals surface area contributed by atoms with Crippen molar-refractivity contribution in [1.29, 1.82) is 0 Å². The molecule has 1 heterocycles. The number of anilines is 4. The predicted molar refractivity (Wildman–Crippen MR) is 107 cm³/mol. The molecule has 2 aromatic carbocycles. The van der Waals surface area contributed by atoms with Crippen LogP contribution in [0.2, 0.25) is 5.02 Å². The van der Waals surface area contributed by atoms with E-state index in [0.29, 0.717) is 22.6 Å². The van der Waals surface area contributed by atoms with Gasteiger partial charge in [0.05, 0.1) is 6.21 Å². The van der Waals surface area contributed by atoms with Crippen LogP contribution < -0.4 is 15.6 Å². The molecule has 7 nitrogen and oxygen atoms in total. The molecule has 0 unspecified atom stereocenters. The van der Waals surface area contributed by atoms with Crippen LogP contribution in [0.3, 0.4) is 0 Å². The number of hydrogen-bond acceptors (Lipinski definition) is 7. The Morgan fingerprint density at radius 3 is 2.41 bits per heavy atom. The lowest BCUT2D eigenvalue weighted by Crippen LogP contribution is -2.15. The first-order valence-electron chi connectivity index (χ1n) is 8.01. The highest BCUT2D eigenvalue weighted by Gasteiger charge is 2.08. The van der Waals surface area contributed by atoms with Gasteiger partial charge in [0.1, 0.15) is 5.82 Å². The maximum Gasteiger partial charge on any atom is 0.250 e. The fourth-order valence-corrected chi connectivity index (χ4v) is 2.26. The van der Waals surface area contributed by atoms with Crippen LogP contribution in [-0.4, -0.2) is 35.3 Å². The van der Waals surface area contributed by atoms with Gasteiger partial charge in [-0.1, -0.05) is 29.8 Å². The van der Waals surface area contributed by atoms with Gasteiger partial charge >= 0.3 is 0 Å². The van der Waals surface area contributed by atoms with Gasteiger partial charge in [0, 0.05) is 30.4 Å². The fraction of sp³-hybridized carbons (Fsp3) is 0.111. The molecule has 0 atom stereocenters. The minimum Gasteiger partial charge on any atom is -0.347 e. The average molecular weight is 386 g/mol. The second-order valence-corrected chi connectivity index (χ2v) is 6.11. The summed E-state index contributed by atoms with van der Waals surface area (Å²) in [5, 5.41) is 7.73. The standard InChI is InChI=1S/C18H17ClFN7/c1-27(2)18-24-16(22-14-9-7-13(20)8-10-14)23-17(25-18)26-21-11-12-5-3-4-6-15(12)19/h3-11H,1-2H3,(H2,22,23,24,25,26). The number of hydrazone groups is 1. The van der Waals surface area contributed by atoms with Crippen molar-refractivity contribution >= 4 is 41.3 Å². The molecule has 3 aromatic rings. The maximum atomic E-state index is 13.1. The number of nitrogens with one attached hydrogen (secondary N) is 2. The van der Waals surface area contributed by atoms with Crippen LogP contribution in [0.1, 0.15) is 5.56 Å². The van der Waals surface area contributed by atoms with Crippen molar-refractivity contribution in [2.24, 2.45) is 5.10 Å². The summed E-state index contributed by atoms with van der Waals surface area (Å²) in [5.41, 5.74) is 4.19. The number of benzene rings is 2. The van der Waals surface area contributed by atoms with Gasteiger partial charge in [-0.3, -0.25) is 0 Å². The fourth-order valence-electron chi connectivity index (χ4n) is 2.07. The summed E-state index contributed by atoms with van der Waals surface area (Å²) < 4.78 is 13.1. The first kappa shape index (κ1) is 18.5. The van der Waals surface area contributed by atoms with Crippen LogP contribution in [0, 0.1) is 5.82 Å². The van der Waals surface area contributed by atoms with Crippen LogP contribution in [0.25, 0.3) is 0 Å². The molecule has 27 heavy (non-hydrogen) atoms. The van der Waals surface area contributed by atoms with E-state index >= 15 is 0 Å². The summed E-state index contributed by atoms with van der Waals surface area (Å²) in [6, 6.07) is 13.2. The normalized spacial score (nSPS) is 10.8. The van der Waals surface area contributed by atoms with Crippen molar-refractivity contribution in [1.82, 2.24) is 15.0 Å². The molecule has 2 N–H and O–H groups in total. The Kier molecular flexibility index (Phi) is 5.77. The summed E-state index contributed by atoms with van der Waals surface area (Å²) in [6.45, 7) is 0. The SMILES string of the molecule is CN(C)c1nc(NN=Cc2ccccc2Cl)nc(Nc2ccc(F)cc2)n1. The zero-order valence-electron chi connectivity index (χ0n) is 14.7. The number of nitrogens with zero attached hydrogens (tertiary/aromatic N) is 5. The Bertz CT molecular complexity index is 945. The lowest BCUT2D eigenvalue weighted by Gasteiger charge is -2.13. The van der Waals surface area contributed by atoms with Crippen molar-refractivity contribution < 1.29 is 4.39 Å². The largest absolute Gasteiger partial charge is 0.347 e. The number of hydrogen-bond donors (Lipinski definition) is 2.